The molecule has 0 aliphatic heterocycles. The zero-order valence-corrected chi connectivity index (χ0v) is 14.3. The molecule has 1 N–H and O–H groups in total. The van der Waals surface area contributed by atoms with Crippen LogP contribution in [0.25, 0.3) is 0 Å². The van der Waals surface area contributed by atoms with E-state index < -0.39 is 0 Å². The molecule has 3 unspecified atom stereocenters. The Hall–Kier alpha value is -1.02. The standard InChI is InChI=1S/C19H31NO/c1-19(2,3)16-10-11-17(20-4)15(13-16)12-14-8-6-7-9-18(14)21-5/h6-9,15-17,20H,10-13H2,1-5H3. The molecule has 2 heteroatoms. The van der Waals surface area contributed by atoms with Gasteiger partial charge in [0.1, 0.15) is 5.75 Å². The van der Waals surface area contributed by atoms with E-state index in [1.54, 1.807) is 7.11 Å². The molecular weight excluding hydrogens is 258 g/mol. The van der Waals surface area contributed by atoms with Crippen LogP contribution in [0.5, 0.6) is 5.75 Å². The van der Waals surface area contributed by atoms with Gasteiger partial charge in [-0.2, -0.15) is 0 Å². The first-order valence-electron chi connectivity index (χ1n) is 8.25. The van der Waals surface area contributed by atoms with Crippen molar-refractivity contribution in [1.29, 1.82) is 0 Å². The highest BCUT2D eigenvalue weighted by Crippen LogP contribution is 2.41. The van der Waals surface area contributed by atoms with E-state index in [1.807, 2.05) is 0 Å². The van der Waals surface area contributed by atoms with Gasteiger partial charge in [-0.05, 0) is 61.6 Å². The summed E-state index contributed by atoms with van der Waals surface area (Å²) in [5, 5.41) is 3.54. The summed E-state index contributed by atoms with van der Waals surface area (Å²) in [6, 6.07) is 9.10. The van der Waals surface area contributed by atoms with Crippen LogP contribution in [-0.2, 0) is 6.42 Å². The molecule has 0 aromatic heterocycles. The molecule has 0 saturated heterocycles. The van der Waals surface area contributed by atoms with E-state index in [-0.39, 0.29) is 0 Å². The predicted octanol–water partition coefficient (Wildman–Crippen LogP) is 4.29. The van der Waals surface area contributed by atoms with Gasteiger partial charge in [-0.25, -0.2) is 0 Å². The van der Waals surface area contributed by atoms with E-state index in [4.69, 9.17) is 4.74 Å². The maximum Gasteiger partial charge on any atom is 0.122 e. The Bertz CT molecular complexity index is 449. The zero-order chi connectivity index (χ0) is 15.5. The van der Waals surface area contributed by atoms with Crippen LogP contribution in [-0.4, -0.2) is 20.2 Å². The van der Waals surface area contributed by atoms with Crippen LogP contribution in [0.2, 0.25) is 0 Å². The third-order valence-electron chi connectivity index (χ3n) is 5.25. The van der Waals surface area contributed by atoms with Gasteiger partial charge in [0.05, 0.1) is 7.11 Å². The first-order chi connectivity index (χ1) is 9.95. The molecule has 3 atom stereocenters. The highest BCUT2D eigenvalue weighted by Gasteiger charge is 2.35. The first kappa shape index (κ1) is 16.4. The highest BCUT2D eigenvalue weighted by molar-refractivity contribution is 5.33. The van der Waals surface area contributed by atoms with Crippen LogP contribution >= 0.6 is 0 Å². The molecule has 2 rings (SSSR count). The maximum atomic E-state index is 5.53. The lowest BCUT2D eigenvalue weighted by Gasteiger charge is -2.42. The zero-order valence-electron chi connectivity index (χ0n) is 14.3. The van der Waals surface area contributed by atoms with Gasteiger partial charge < -0.3 is 10.1 Å². The lowest BCUT2D eigenvalue weighted by Crippen LogP contribution is -2.42. The average molecular weight is 289 g/mol. The minimum atomic E-state index is 0.414. The van der Waals surface area contributed by atoms with E-state index in [1.165, 1.54) is 24.8 Å². The largest absolute Gasteiger partial charge is 0.496 e. The van der Waals surface area contributed by atoms with Crippen molar-refractivity contribution in [3.05, 3.63) is 29.8 Å². The lowest BCUT2D eigenvalue weighted by molar-refractivity contribution is 0.116. The van der Waals surface area contributed by atoms with Crippen molar-refractivity contribution in [3.8, 4) is 5.75 Å². The van der Waals surface area contributed by atoms with Crippen LogP contribution in [0.3, 0.4) is 0 Å². The molecule has 2 nitrogen and oxygen atoms in total. The van der Waals surface area contributed by atoms with Crippen LogP contribution in [0.1, 0.15) is 45.6 Å². The summed E-state index contributed by atoms with van der Waals surface area (Å²) >= 11 is 0. The van der Waals surface area contributed by atoms with Crippen molar-refractivity contribution in [3.63, 3.8) is 0 Å². The molecule has 118 valence electrons. The molecule has 0 heterocycles. The predicted molar refractivity (Wildman–Crippen MR) is 89.8 cm³/mol. The fourth-order valence-electron chi connectivity index (χ4n) is 3.81. The Morgan fingerprint density at radius 2 is 1.90 bits per heavy atom. The number of hydrogen-bond acceptors (Lipinski definition) is 2. The van der Waals surface area contributed by atoms with E-state index in [0.717, 1.165) is 18.1 Å². The summed E-state index contributed by atoms with van der Waals surface area (Å²) in [5.74, 6) is 2.55. The van der Waals surface area contributed by atoms with Gasteiger partial charge in [0.2, 0.25) is 0 Å². The van der Waals surface area contributed by atoms with Gasteiger partial charge in [0.15, 0.2) is 0 Å². The molecular formula is C19H31NO. The van der Waals surface area contributed by atoms with E-state index in [0.29, 0.717) is 17.4 Å². The summed E-state index contributed by atoms with van der Waals surface area (Å²) < 4.78 is 5.53. The van der Waals surface area contributed by atoms with Gasteiger partial charge >= 0.3 is 0 Å². The molecule has 1 fully saturated rings. The van der Waals surface area contributed by atoms with Gasteiger partial charge in [0, 0.05) is 6.04 Å². The minimum Gasteiger partial charge on any atom is -0.496 e. The molecule has 1 aliphatic carbocycles. The molecule has 1 saturated carbocycles. The molecule has 21 heavy (non-hydrogen) atoms. The number of ether oxygens (including phenoxy) is 1. The third-order valence-corrected chi connectivity index (χ3v) is 5.25. The fraction of sp³-hybridized carbons (Fsp3) is 0.684. The van der Waals surface area contributed by atoms with Crippen LogP contribution in [0, 0.1) is 17.3 Å². The minimum absolute atomic E-state index is 0.414. The summed E-state index contributed by atoms with van der Waals surface area (Å²) in [6.07, 6.45) is 5.06. The molecule has 1 aliphatic rings. The van der Waals surface area contributed by atoms with Crippen molar-refractivity contribution in [2.24, 2.45) is 17.3 Å². The summed E-state index contributed by atoms with van der Waals surface area (Å²) in [7, 11) is 3.88. The van der Waals surface area contributed by atoms with E-state index >= 15 is 0 Å². The number of methoxy groups -OCH3 is 1. The van der Waals surface area contributed by atoms with Gasteiger partial charge in [-0.1, -0.05) is 39.0 Å². The molecule has 0 bridgehead atoms. The van der Waals surface area contributed by atoms with Gasteiger partial charge in [-0.3, -0.25) is 0 Å². The molecule has 0 amide bonds. The second kappa shape index (κ2) is 6.83. The number of rotatable bonds is 4. The SMILES string of the molecule is CNC1CCC(C(C)(C)C)CC1Cc1ccccc1OC. The monoisotopic (exact) mass is 289 g/mol. The fourth-order valence-corrected chi connectivity index (χ4v) is 3.81. The van der Waals surface area contributed by atoms with Gasteiger partial charge in [-0.15, -0.1) is 0 Å². The lowest BCUT2D eigenvalue weighted by atomic mass is 9.66. The third kappa shape index (κ3) is 4.00. The summed E-state index contributed by atoms with van der Waals surface area (Å²) in [6.45, 7) is 7.16. The Kier molecular flexibility index (Phi) is 5.32. The summed E-state index contributed by atoms with van der Waals surface area (Å²) in [5.41, 5.74) is 1.76. The first-order valence-corrected chi connectivity index (χ1v) is 8.25. The van der Waals surface area contributed by atoms with Crippen molar-refractivity contribution in [1.82, 2.24) is 5.32 Å². The average Bonchev–Trinajstić information content (AvgIpc) is 2.47. The van der Waals surface area contributed by atoms with E-state index in [2.05, 4.69) is 57.4 Å². The van der Waals surface area contributed by atoms with Gasteiger partial charge in [0.25, 0.3) is 0 Å². The molecule has 0 radical (unpaired) electrons. The molecule has 0 spiro atoms. The van der Waals surface area contributed by atoms with Crippen LogP contribution in [0.4, 0.5) is 0 Å². The number of benzene rings is 1. The number of nitrogens with one attached hydrogen (secondary N) is 1. The summed E-state index contributed by atoms with van der Waals surface area (Å²) in [4.78, 5) is 0. The number of hydrogen-bond donors (Lipinski definition) is 1. The van der Waals surface area contributed by atoms with Crippen molar-refractivity contribution in [2.45, 2.75) is 52.5 Å². The quantitative estimate of drug-likeness (QED) is 0.893. The van der Waals surface area contributed by atoms with Crippen molar-refractivity contribution < 1.29 is 4.74 Å². The second-order valence-electron chi connectivity index (χ2n) is 7.55. The molecule has 1 aromatic rings. The van der Waals surface area contributed by atoms with Crippen LogP contribution in [0.15, 0.2) is 24.3 Å². The van der Waals surface area contributed by atoms with Crippen molar-refractivity contribution in [2.75, 3.05) is 14.2 Å². The number of para-hydroxylation sites is 1. The van der Waals surface area contributed by atoms with E-state index in [9.17, 15) is 0 Å². The van der Waals surface area contributed by atoms with Crippen molar-refractivity contribution >= 4 is 0 Å². The second-order valence-corrected chi connectivity index (χ2v) is 7.55. The normalized spacial score (nSPS) is 26.6. The Morgan fingerprint density at radius 3 is 2.52 bits per heavy atom. The smallest absolute Gasteiger partial charge is 0.122 e. The highest BCUT2D eigenvalue weighted by atomic mass is 16.5. The molecule has 1 aromatic carbocycles. The maximum absolute atomic E-state index is 5.53. The Labute approximate surface area is 130 Å². The Balaban J connectivity index is 2.14. The Morgan fingerprint density at radius 1 is 1.19 bits per heavy atom. The van der Waals surface area contributed by atoms with Crippen LogP contribution < -0.4 is 10.1 Å². The topological polar surface area (TPSA) is 21.3 Å².